The molecule has 0 aliphatic rings. The van der Waals surface area contributed by atoms with E-state index in [2.05, 4.69) is 14.2 Å². The third-order valence-electron chi connectivity index (χ3n) is 4.88. The summed E-state index contributed by atoms with van der Waals surface area (Å²) < 4.78 is 73.5. The van der Waals surface area contributed by atoms with E-state index in [9.17, 15) is 36.0 Å². The Hall–Kier alpha value is -4.46. The number of halogens is 3. The topological polar surface area (TPSA) is 142 Å². The lowest BCUT2D eigenvalue weighted by molar-refractivity contribution is -0.0499. The molecule has 4 rings (SSSR count). The lowest BCUT2D eigenvalue weighted by Gasteiger charge is -2.12. The summed E-state index contributed by atoms with van der Waals surface area (Å²) in [6.07, 6.45) is 0. The molecule has 0 aliphatic heterocycles. The molecule has 10 nitrogen and oxygen atoms in total. The largest absolute Gasteiger partial charge is 0.534 e. The number of aromatic nitrogens is 2. The van der Waals surface area contributed by atoms with Gasteiger partial charge in [0.15, 0.2) is 16.9 Å². The molecule has 2 heterocycles. The van der Waals surface area contributed by atoms with E-state index in [1.54, 1.807) is 31.2 Å². The monoisotopic (exact) mass is 566 g/mol. The molecule has 0 saturated carbocycles. The van der Waals surface area contributed by atoms with Crippen LogP contribution >= 0.6 is 0 Å². The number of esters is 2. The number of nitrogens with one attached hydrogen (secondary N) is 1. The number of carbonyl (C=O) groups excluding carboxylic acids is 2. The first-order chi connectivity index (χ1) is 18.4. The van der Waals surface area contributed by atoms with Crippen LogP contribution in [0, 0.1) is 0 Å². The number of para-hydroxylation sites is 2. The zero-order valence-corrected chi connectivity index (χ0v) is 21.3. The molecule has 0 radical (unpaired) electrons. The molecule has 39 heavy (non-hydrogen) atoms. The van der Waals surface area contributed by atoms with Crippen LogP contribution in [0.4, 0.5) is 13.2 Å². The molecule has 0 saturated heterocycles. The number of benzene rings is 2. The molecule has 4 aromatic rings. The van der Waals surface area contributed by atoms with E-state index in [1.807, 2.05) is 0 Å². The predicted octanol–water partition coefficient (Wildman–Crippen LogP) is 4.34. The van der Waals surface area contributed by atoms with Crippen molar-refractivity contribution in [3.63, 3.8) is 0 Å². The summed E-state index contributed by atoms with van der Waals surface area (Å²) in [6.45, 7) is 3.56. The second-order valence-electron chi connectivity index (χ2n) is 7.54. The van der Waals surface area contributed by atoms with Gasteiger partial charge in [0.05, 0.1) is 18.7 Å². The third kappa shape index (κ3) is 6.90. The standard InChI is InChI=1S/C13H10F3NO5S.C12H11NO3/c1-2-21-12(18)10-7-11(22-23(19,20)13(14,15)16)8-5-3-4-6-9(8)17-10;1-2-16-12(15)10-7-11(14)8-5-3-4-6-9(8)13-10/h3-7H,2H2,1H3;3-7H,2H2,1H3,(H,13,14). The van der Waals surface area contributed by atoms with Gasteiger partial charge in [0.1, 0.15) is 5.69 Å². The Bertz CT molecular complexity index is 1680. The number of aromatic amines is 1. The van der Waals surface area contributed by atoms with Crippen molar-refractivity contribution in [2.24, 2.45) is 0 Å². The molecule has 0 bridgehead atoms. The van der Waals surface area contributed by atoms with Crippen LogP contribution in [0.25, 0.3) is 21.8 Å². The molecule has 0 atom stereocenters. The summed E-state index contributed by atoms with van der Waals surface area (Å²) in [5, 5.41) is 0.573. The highest BCUT2D eigenvalue weighted by Gasteiger charge is 2.48. The summed E-state index contributed by atoms with van der Waals surface area (Å²) in [7, 11) is -5.88. The van der Waals surface area contributed by atoms with E-state index < -0.39 is 33.3 Å². The van der Waals surface area contributed by atoms with Gasteiger partial charge in [-0.2, -0.15) is 21.6 Å². The van der Waals surface area contributed by atoms with Crippen molar-refractivity contribution in [3.8, 4) is 5.75 Å². The van der Waals surface area contributed by atoms with E-state index in [0.717, 1.165) is 6.07 Å². The Labute approximate surface area is 219 Å². The quantitative estimate of drug-likeness (QED) is 0.205. The zero-order valence-electron chi connectivity index (χ0n) is 20.4. The van der Waals surface area contributed by atoms with Crippen molar-refractivity contribution in [1.82, 2.24) is 9.97 Å². The normalized spacial score (nSPS) is 11.4. The number of rotatable bonds is 6. The van der Waals surface area contributed by atoms with Crippen molar-refractivity contribution < 1.29 is 44.8 Å². The molecule has 1 N–H and O–H groups in total. The minimum absolute atomic E-state index is 0.00775. The second kappa shape index (κ2) is 11.9. The predicted molar refractivity (Wildman–Crippen MR) is 134 cm³/mol. The fourth-order valence-corrected chi connectivity index (χ4v) is 3.67. The van der Waals surface area contributed by atoms with E-state index in [1.165, 1.54) is 37.3 Å². The number of carbonyl (C=O) groups is 2. The molecule has 0 unspecified atom stereocenters. The van der Waals surface area contributed by atoms with Gasteiger partial charge >= 0.3 is 27.6 Å². The van der Waals surface area contributed by atoms with Crippen LogP contribution in [0.15, 0.2) is 65.5 Å². The number of hydrogen-bond acceptors (Lipinski definition) is 9. The van der Waals surface area contributed by atoms with Gasteiger partial charge in [-0.25, -0.2) is 14.6 Å². The molecule has 0 amide bonds. The van der Waals surface area contributed by atoms with E-state index >= 15 is 0 Å². The van der Waals surface area contributed by atoms with Crippen molar-refractivity contribution in [2.45, 2.75) is 19.4 Å². The molecule has 14 heteroatoms. The van der Waals surface area contributed by atoms with Gasteiger partial charge in [-0.05, 0) is 38.1 Å². The molecule has 206 valence electrons. The number of ether oxygens (including phenoxy) is 2. The van der Waals surface area contributed by atoms with Crippen molar-refractivity contribution in [1.29, 1.82) is 0 Å². The molecule has 2 aromatic heterocycles. The molecule has 0 fully saturated rings. The maximum atomic E-state index is 12.5. The van der Waals surface area contributed by atoms with Crippen LogP contribution in [-0.4, -0.2) is 49.0 Å². The summed E-state index contributed by atoms with van der Waals surface area (Å²) in [6, 6.07) is 14.8. The highest BCUT2D eigenvalue weighted by Crippen LogP contribution is 2.32. The lowest BCUT2D eigenvalue weighted by atomic mass is 10.2. The number of fused-ring (bicyclic) bond motifs is 2. The minimum Gasteiger partial charge on any atom is -0.461 e. The molecule has 0 spiro atoms. The lowest BCUT2D eigenvalue weighted by Crippen LogP contribution is -2.28. The van der Waals surface area contributed by atoms with Crippen LogP contribution in [0.5, 0.6) is 5.75 Å². The van der Waals surface area contributed by atoms with Crippen LogP contribution < -0.4 is 9.61 Å². The van der Waals surface area contributed by atoms with Gasteiger partial charge < -0.3 is 18.6 Å². The Morgan fingerprint density at radius 3 is 2.13 bits per heavy atom. The van der Waals surface area contributed by atoms with Crippen molar-refractivity contribution in [3.05, 3.63) is 82.3 Å². The summed E-state index contributed by atoms with van der Waals surface area (Å²) in [5.74, 6) is -2.08. The van der Waals surface area contributed by atoms with E-state index in [0.29, 0.717) is 10.9 Å². The summed E-state index contributed by atoms with van der Waals surface area (Å²) >= 11 is 0. The minimum atomic E-state index is -5.88. The first-order valence-electron chi connectivity index (χ1n) is 11.2. The molecular weight excluding hydrogens is 545 g/mol. The van der Waals surface area contributed by atoms with Crippen molar-refractivity contribution >= 4 is 43.9 Å². The maximum absolute atomic E-state index is 12.5. The van der Waals surface area contributed by atoms with Gasteiger partial charge in [-0.1, -0.05) is 24.3 Å². The molecule has 2 aromatic carbocycles. The van der Waals surface area contributed by atoms with E-state index in [-0.39, 0.29) is 40.9 Å². The Morgan fingerprint density at radius 1 is 0.897 bits per heavy atom. The zero-order chi connectivity index (χ0) is 28.8. The smallest absolute Gasteiger partial charge is 0.461 e. The van der Waals surface area contributed by atoms with Gasteiger partial charge in [0.25, 0.3) is 0 Å². The SMILES string of the molecule is CCOC(=O)c1cc(=O)c2ccccc2[nH]1.CCOC(=O)c1cc(OS(=O)(=O)C(F)(F)F)c2ccccc2n1. The van der Waals surface area contributed by atoms with Gasteiger partial charge in [-0.15, -0.1) is 0 Å². The van der Waals surface area contributed by atoms with Crippen molar-refractivity contribution in [2.75, 3.05) is 13.2 Å². The number of hydrogen-bond donors (Lipinski definition) is 1. The average molecular weight is 567 g/mol. The number of nitrogens with zero attached hydrogens (tertiary/aromatic N) is 1. The van der Waals surface area contributed by atoms with Gasteiger partial charge in [-0.3, -0.25) is 4.79 Å². The number of H-pyrrole nitrogens is 1. The Morgan fingerprint density at radius 2 is 1.49 bits per heavy atom. The molecular formula is C25H21F3N2O8S. The van der Waals surface area contributed by atoms with Crippen LogP contribution in [0.1, 0.15) is 34.8 Å². The van der Waals surface area contributed by atoms with Gasteiger partial charge in [0.2, 0.25) is 0 Å². The number of alkyl halides is 3. The first kappa shape index (κ1) is 29.1. The second-order valence-corrected chi connectivity index (χ2v) is 9.08. The van der Waals surface area contributed by atoms with E-state index in [4.69, 9.17) is 9.47 Å². The van der Waals surface area contributed by atoms with Crippen LogP contribution in [0.3, 0.4) is 0 Å². The highest BCUT2D eigenvalue weighted by atomic mass is 32.2. The van der Waals surface area contributed by atoms with Crippen LogP contribution in [0.2, 0.25) is 0 Å². The molecule has 0 aliphatic carbocycles. The summed E-state index contributed by atoms with van der Waals surface area (Å²) in [4.78, 5) is 41.6. The maximum Gasteiger partial charge on any atom is 0.534 e. The Balaban J connectivity index is 0.000000230. The third-order valence-corrected chi connectivity index (χ3v) is 5.84. The summed E-state index contributed by atoms with van der Waals surface area (Å²) in [5.41, 5.74) is -5.23. The van der Waals surface area contributed by atoms with Crippen LogP contribution in [-0.2, 0) is 19.6 Å². The fourth-order valence-electron chi connectivity index (χ4n) is 3.20. The van der Waals surface area contributed by atoms with Gasteiger partial charge in [0, 0.05) is 28.4 Å². The fraction of sp³-hybridized carbons (Fsp3) is 0.200. The number of pyridine rings is 2. The average Bonchev–Trinajstić information content (AvgIpc) is 2.88. The first-order valence-corrected chi connectivity index (χ1v) is 12.7. The Kier molecular flexibility index (Phi) is 8.91. The highest BCUT2D eigenvalue weighted by molar-refractivity contribution is 7.88.